The Morgan fingerprint density at radius 3 is 3.18 bits per heavy atom. The Balaban J connectivity index is 1.97. The molecule has 0 aromatic carbocycles. The lowest BCUT2D eigenvalue weighted by atomic mass is 10.2. The van der Waals surface area contributed by atoms with Crippen molar-refractivity contribution in [1.29, 1.82) is 0 Å². The highest BCUT2D eigenvalue weighted by Crippen LogP contribution is 2.09. The van der Waals surface area contributed by atoms with E-state index in [-0.39, 0.29) is 5.82 Å². The van der Waals surface area contributed by atoms with E-state index >= 15 is 0 Å². The van der Waals surface area contributed by atoms with E-state index in [0.717, 1.165) is 44.6 Å². The molecule has 1 aliphatic rings. The molecule has 1 unspecified atom stereocenters. The highest BCUT2D eigenvalue weighted by molar-refractivity contribution is 5.10. The van der Waals surface area contributed by atoms with E-state index < -0.39 is 0 Å². The lowest BCUT2D eigenvalue weighted by Crippen LogP contribution is -2.36. The van der Waals surface area contributed by atoms with Crippen molar-refractivity contribution in [2.24, 2.45) is 0 Å². The average molecular weight is 237 g/mol. The predicted molar refractivity (Wildman–Crippen MR) is 66.2 cm³/mol. The van der Waals surface area contributed by atoms with Crippen LogP contribution in [-0.4, -0.2) is 35.6 Å². The van der Waals surface area contributed by atoms with Crippen LogP contribution in [0.5, 0.6) is 0 Å². The van der Waals surface area contributed by atoms with Gasteiger partial charge in [-0.2, -0.15) is 0 Å². The Morgan fingerprint density at radius 2 is 2.41 bits per heavy atom. The Labute approximate surface area is 102 Å². The minimum absolute atomic E-state index is 0.248. The van der Waals surface area contributed by atoms with E-state index in [4.69, 9.17) is 0 Å². The standard InChI is InChI=1S/C13H20FN3/c1-2-13-10-17(5-3-4-16-13)9-11-6-12(14)8-15-7-11/h6-8,13,16H,2-5,9-10H2,1H3. The van der Waals surface area contributed by atoms with Crippen molar-refractivity contribution in [3.63, 3.8) is 0 Å². The monoisotopic (exact) mass is 237 g/mol. The van der Waals surface area contributed by atoms with Gasteiger partial charge in [0.1, 0.15) is 5.82 Å². The number of pyridine rings is 1. The summed E-state index contributed by atoms with van der Waals surface area (Å²) in [5, 5.41) is 3.53. The molecule has 0 spiro atoms. The number of aromatic nitrogens is 1. The first-order chi connectivity index (χ1) is 8.28. The molecular weight excluding hydrogens is 217 g/mol. The summed E-state index contributed by atoms with van der Waals surface area (Å²) in [5.74, 6) is -0.248. The molecule has 1 saturated heterocycles. The van der Waals surface area contributed by atoms with Crippen molar-refractivity contribution >= 4 is 0 Å². The molecule has 94 valence electrons. The summed E-state index contributed by atoms with van der Waals surface area (Å²) < 4.78 is 13.1. The first kappa shape index (κ1) is 12.5. The van der Waals surface area contributed by atoms with Crippen LogP contribution in [0.3, 0.4) is 0 Å². The number of hydrogen-bond acceptors (Lipinski definition) is 3. The highest BCUT2D eigenvalue weighted by Gasteiger charge is 2.16. The quantitative estimate of drug-likeness (QED) is 0.869. The minimum atomic E-state index is -0.248. The second-order valence-corrected chi connectivity index (χ2v) is 4.66. The molecule has 1 fully saturated rings. The number of hydrogen-bond donors (Lipinski definition) is 1. The normalized spacial score (nSPS) is 22.4. The molecule has 4 heteroatoms. The van der Waals surface area contributed by atoms with Gasteiger partial charge in [0.05, 0.1) is 6.20 Å². The third kappa shape index (κ3) is 3.75. The first-order valence-electron chi connectivity index (χ1n) is 6.33. The SMILES string of the molecule is CCC1CN(Cc2cncc(F)c2)CCCN1. The Hall–Kier alpha value is -1.00. The van der Waals surface area contributed by atoms with Crippen LogP contribution in [0.1, 0.15) is 25.3 Å². The average Bonchev–Trinajstić information content (AvgIpc) is 2.54. The van der Waals surface area contributed by atoms with Gasteiger partial charge in [0.25, 0.3) is 0 Å². The molecule has 0 saturated carbocycles. The van der Waals surface area contributed by atoms with Gasteiger partial charge in [0.2, 0.25) is 0 Å². The maximum Gasteiger partial charge on any atom is 0.141 e. The van der Waals surface area contributed by atoms with Crippen LogP contribution < -0.4 is 5.32 Å². The summed E-state index contributed by atoms with van der Waals surface area (Å²) in [7, 11) is 0. The van der Waals surface area contributed by atoms with E-state index in [1.165, 1.54) is 6.20 Å². The minimum Gasteiger partial charge on any atom is -0.313 e. The van der Waals surface area contributed by atoms with Gasteiger partial charge < -0.3 is 5.32 Å². The molecule has 17 heavy (non-hydrogen) atoms. The van der Waals surface area contributed by atoms with Crippen LogP contribution in [0.15, 0.2) is 18.5 Å². The van der Waals surface area contributed by atoms with Gasteiger partial charge in [-0.25, -0.2) is 4.39 Å². The maximum absolute atomic E-state index is 13.1. The summed E-state index contributed by atoms with van der Waals surface area (Å²) in [6, 6.07) is 2.13. The Bertz CT molecular complexity index is 356. The van der Waals surface area contributed by atoms with E-state index in [1.807, 2.05) is 0 Å². The van der Waals surface area contributed by atoms with Gasteiger partial charge in [-0.1, -0.05) is 6.92 Å². The number of nitrogens with zero attached hydrogens (tertiary/aromatic N) is 2. The Morgan fingerprint density at radius 1 is 1.53 bits per heavy atom. The van der Waals surface area contributed by atoms with Gasteiger partial charge in [-0.05, 0) is 37.6 Å². The summed E-state index contributed by atoms with van der Waals surface area (Å²) in [5.41, 5.74) is 0.960. The zero-order valence-electron chi connectivity index (χ0n) is 10.3. The zero-order chi connectivity index (χ0) is 12.1. The number of halogens is 1. The van der Waals surface area contributed by atoms with Crippen LogP contribution >= 0.6 is 0 Å². The van der Waals surface area contributed by atoms with Crippen LogP contribution in [0.4, 0.5) is 4.39 Å². The van der Waals surface area contributed by atoms with Crippen LogP contribution in [0.2, 0.25) is 0 Å². The smallest absolute Gasteiger partial charge is 0.141 e. The molecular formula is C13H20FN3. The van der Waals surface area contributed by atoms with E-state index in [1.54, 1.807) is 12.3 Å². The maximum atomic E-state index is 13.1. The van der Waals surface area contributed by atoms with Crippen molar-refractivity contribution in [3.8, 4) is 0 Å². The van der Waals surface area contributed by atoms with E-state index in [9.17, 15) is 4.39 Å². The fourth-order valence-corrected chi connectivity index (χ4v) is 2.29. The molecule has 0 aliphatic carbocycles. The summed E-state index contributed by atoms with van der Waals surface area (Å²) in [6.45, 7) is 6.18. The second kappa shape index (κ2) is 6.07. The van der Waals surface area contributed by atoms with Gasteiger partial charge in [0, 0.05) is 25.3 Å². The van der Waals surface area contributed by atoms with Crippen molar-refractivity contribution < 1.29 is 4.39 Å². The molecule has 1 atom stereocenters. The molecule has 0 radical (unpaired) electrons. The summed E-state index contributed by atoms with van der Waals surface area (Å²) in [6.07, 6.45) is 5.29. The van der Waals surface area contributed by atoms with Crippen molar-refractivity contribution in [3.05, 3.63) is 29.8 Å². The highest BCUT2D eigenvalue weighted by atomic mass is 19.1. The van der Waals surface area contributed by atoms with Crippen LogP contribution in [0, 0.1) is 5.82 Å². The van der Waals surface area contributed by atoms with Gasteiger partial charge >= 0.3 is 0 Å². The molecule has 2 rings (SSSR count). The number of nitrogens with one attached hydrogen (secondary N) is 1. The van der Waals surface area contributed by atoms with Gasteiger partial charge in [0.15, 0.2) is 0 Å². The third-order valence-electron chi connectivity index (χ3n) is 3.22. The summed E-state index contributed by atoms with van der Waals surface area (Å²) in [4.78, 5) is 6.27. The van der Waals surface area contributed by atoms with Crippen molar-refractivity contribution in [1.82, 2.24) is 15.2 Å². The van der Waals surface area contributed by atoms with E-state index in [0.29, 0.717) is 6.04 Å². The molecule has 2 heterocycles. The number of rotatable bonds is 3. The van der Waals surface area contributed by atoms with Crippen molar-refractivity contribution in [2.45, 2.75) is 32.4 Å². The molecule has 1 N–H and O–H groups in total. The zero-order valence-corrected chi connectivity index (χ0v) is 10.3. The largest absolute Gasteiger partial charge is 0.313 e. The third-order valence-corrected chi connectivity index (χ3v) is 3.22. The second-order valence-electron chi connectivity index (χ2n) is 4.66. The molecule has 0 bridgehead atoms. The van der Waals surface area contributed by atoms with E-state index in [2.05, 4.69) is 22.1 Å². The molecule has 1 aromatic heterocycles. The molecule has 1 aliphatic heterocycles. The van der Waals surface area contributed by atoms with Crippen LogP contribution in [0.25, 0.3) is 0 Å². The Kier molecular flexibility index (Phi) is 4.45. The molecule has 0 amide bonds. The van der Waals surface area contributed by atoms with Crippen molar-refractivity contribution in [2.75, 3.05) is 19.6 Å². The molecule has 3 nitrogen and oxygen atoms in total. The van der Waals surface area contributed by atoms with Crippen LogP contribution in [-0.2, 0) is 6.54 Å². The first-order valence-corrected chi connectivity index (χ1v) is 6.33. The van der Waals surface area contributed by atoms with Gasteiger partial charge in [-0.3, -0.25) is 9.88 Å². The van der Waals surface area contributed by atoms with Gasteiger partial charge in [-0.15, -0.1) is 0 Å². The lowest BCUT2D eigenvalue weighted by molar-refractivity contribution is 0.257. The fraction of sp³-hybridized carbons (Fsp3) is 0.615. The lowest BCUT2D eigenvalue weighted by Gasteiger charge is -2.23. The topological polar surface area (TPSA) is 28.2 Å². The predicted octanol–water partition coefficient (Wildman–Crippen LogP) is 1.79. The summed E-state index contributed by atoms with van der Waals surface area (Å²) >= 11 is 0. The molecule has 1 aromatic rings. The fourth-order valence-electron chi connectivity index (χ4n) is 2.29.